The third-order valence-electron chi connectivity index (χ3n) is 3.97. The van der Waals surface area contributed by atoms with Gasteiger partial charge in [0.25, 0.3) is 0 Å². The molecule has 0 N–H and O–H groups in total. The van der Waals surface area contributed by atoms with Crippen LogP contribution in [0.25, 0.3) is 0 Å². The summed E-state index contributed by atoms with van der Waals surface area (Å²) in [5.74, 6) is 0.118. The van der Waals surface area contributed by atoms with Crippen molar-refractivity contribution in [3.8, 4) is 0 Å². The number of methoxy groups -OCH3 is 1. The van der Waals surface area contributed by atoms with Crippen LogP contribution in [0.2, 0.25) is 0 Å². The molecule has 1 aliphatic rings. The normalized spacial score (nSPS) is 19.8. The highest BCUT2D eigenvalue weighted by atomic mass is 16.5. The first-order valence-corrected chi connectivity index (χ1v) is 7.55. The maximum absolute atomic E-state index is 12.4. The maximum Gasteiger partial charge on any atom is 0.337 e. The molecule has 2 aromatic rings. The third kappa shape index (κ3) is 3.11. The number of carbonyl (C=O) groups is 1. The molecule has 0 fully saturated rings. The van der Waals surface area contributed by atoms with E-state index < -0.39 is 5.54 Å². The summed E-state index contributed by atoms with van der Waals surface area (Å²) in [6.07, 6.45) is 0.455. The van der Waals surface area contributed by atoms with Crippen LogP contribution >= 0.6 is 0 Å². The quantitative estimate of drug-likeness (QED) is 0.816. The van der Waals surface area contributed by atoms with Crippen LogP contribution in [0.5, 0.6) is 0 Å². The summed E-state index contributed by atoms with van der Waals surface area (Å²) in [6.45, 7) is 2.22. The van der Waals surface area contributed by atoms with E-state index in [9.17, 15) is 4.79 Å². The van der Waals surface area contributed by atoms with Crippen molar-refractivity contribution in [2.45, 2.75) is 18.9 Å². The predicted molar refractivity (Wildman–Crippen MR) is 88.6 cm³/mol. The van der Waals surface area contributed by atoms with Gasteiger partial charge in [0.05, 0.1) is 7.11 Å². The number of ether oxygens (including phenoxy) is 2. The van der Waals surface area contributed by atoms with Gasteiger partial charge in [0.15, 0.2) is 5.54 Å². The van der Waals surface area contributed by atoms with Gasteiger partial charge in [0.1, 0.15) is 6.61 Å². The fourth-order valence-corrected chi connectivity index (χ4v) is 2.68. The van der Waals surface area contributed by atoms with Crippen molar-refractivity contribution in [1.82, 2.24) is 0 Å². The highest BCUT2D eigenvalue weighted by molar-refractivity contribution is 5.99. The Kier molecular flexibility index (Phi) is 4.15. The third-order valence-corrected chi connectivity index (χ3v) is 3.97. The SMILES string of the molecule is COC(=O)[C@@]1(Cc2ccc(C)cc2)COC(c2ccccc2)=N1. The van der Waals surface area contributed by atoms with Gasteiger partial charge in [0.2, 0.25) is 5.90 Å². The number of nitrogens with zero attached hydrogens (tertiary/aromatic N) is 1. The summed E-state index contributed by atoms with van der Waals surface area (Å²) in [5.41, 5.74) is 2.05. The van der Waals surface area contributed by atoms with Crippen molar-refractivity contribution in [2.75, 3.05) is 13.7 Å². The van der Waals surface area contributed by atoms with Crippen LogP contribution in [0, 0.1) is 6.92 Å². The van der Waals surface area contributed by atoms with Gasteiger partial charge >= 0.3 is 5.97 Å². The molecule has 0 amide bonds. The molecule has 4 nitrogen and oxygen atoms in total. The van der Waals surface area contributed by atoms with E-state index in [1.165, 1.54) is 12.7 Å². The van der Waals surface area contributed by atoms with Crippen molar-refractivity contribution in [3.05, 3.63) is 71.3 Å². The molecular weight excluding hydrogens is 290 g/mol. The second-order valence-electron chi connectivity index (χ2n) is 5.76. The van der Waals surface area contributed by atoms with E-state index in [-0.39, 0.29) is 12.6 Å². The molecule has 0 aliphatic carbocycles. The Morgan fingerprint density at radius 3 is 2.52 bits per heavy atom. The Bertz CT molecular complexity index is 722. The zero-order valence-corrected chi connectivity index (χ0v) is 13.3. The van der Waals surface area contributed by atoms with Gasteiger partial charge in [-0.1, -0.05) is 48.0 Å². The average molecular weight is 309 g/mol. The Balaban J connectivity index is 1.94. The van der Waals surface area contributed by atoms with Crippen LogP contribution in [0.3, 0.4) is 0 Å². The van der Waals surface area contributed by atoms with Gasteiger partial charge in [0, 0.05) is 12.0 Å². The number of hydrogen-bond acceptors (Lipinski definition) is 4. The molecule has 0 saturated heterocycles. The lowest BCUT2D eigenvalue weighted by Gasteiger charge is -2.21. The standard InChI is InChI=1S/C19H19NO3/c1-14-8-10-15(11-9-14)12-19(18(21)22-2)13-23-17(20-19)16-6-4-3-5-7-16/h3-11H,12-13H2,1-2H3/t19-/m1/s1. The number of carbonyl (C=O) groups excluding carboxylic acids is 1. The number of aliphatic imine (C=N–C) groups is 1. The Labute approximate surface area is 135 Å². The molecule has 118 valence electrons. The lowest BCUT2D eigenvalue weighted by Crippen LogP contribution is -2.41. The Morgan fingerprint density at radius 1 is 1.17 bits per heavy atom. The van der Waals surface area contributed by atoms with Crippen LogP contribution in [-0.4, -0.2) is 31.1 Å². The molecule has 0 bridgehead atoms. The van der Waals surface area contributed by atoms with E-state index in [2.05, 4.69) is 4.99 Å². The average Bonchev–Trinajstić information content (AvgIpc) is 3.02. The van der Waals surface area contributed by atoms with Crippen molar-refractivity contribution in [3.63, 3.8) is 0 Å². The Hall–Kier alpha value is -2.62. The molecule has 1 heterocycles. The lowest BCUT2D eigenvalue weighted by atomic mass is 9.92. The molecule has 4 heteroatoms. The summed E-state index contributed by atoms with van der Waals surface area (Å²) in [4.78, 5) is 17.0. The van der Waals surface area contributed by atoms with Crippen LogP contribution in [0.4, 0.5) is 0 Å². The molecule has 1 aliphatic heterocycles. The lowest BCUT2D eigenvalue weighted by molar-refractivity contribution is -0.147. The molecule has 0 radical (unpaired) electrons. The minimum atomic E-state index is -1.02. The van der Waals surface area contributed by atoms with Crippen molar-refractivity contribution < 1.29 is 14.3 Å². The summed E-state index contributed by atoms with van der Waals surface area (Å²) >= 11 is 0. The smallest absolute Gasteiger partial charge is 0.337 e. The topological polar surface area (TPSA) is 47.9 Å². The number of benzene rings is 2. The highest BCUT2D eigenvalue weighted by Gasteiger charge is 2.45. The van der Waals surface area contributed by atoms with Gasteiger partial charge in [-0.25, -0.2) is 9.79 Å². The first-order valence-electron chi connectivity index (χ1n) is 7.55. The first-order chi connectivity index (χ1) is 11.1. The zero-order valence-electron chi connectivity index (χ0n) is 13.3. The van der Waals surface area contributed by atoms with Gasteiger partial charge in [-0.15, -0.1) is 0 Å². The molecule has 0 saturated carbocycles. The summed E-state index contributed by atoms with van der Waals surface area (Å²) in [5, 5.41) is 0. The fourth-order valence-electron chi connectivity index (χ4n) is 2.68. The number of esters is 1. The van der Waals surface area contributed by atoms with E-state index in [4.69, 9.17) is 9.47 Å². The van der Waals surface area contributed by atoms with Crippen molar-refractivity contribution >= 4 is 11.9 Å². The molecule has 2 aromatic carbocycles. The Morgan fingerprint density at radius 2 is 1.87 bits per heavy atom. The number of rotatable bonds is 4. The molecule has 1 atom stereocenters. The maximum atomic E-state index is 12.4. The fraction of sp³-hybridized carbons (Fsp3) is 0.263. The molecular formula is C19H19NO3. The van der Waals surface area contributed by atoms with Gasteiger partial charge in [-0.05, 0) is 24.6 Å². The van der Waals surface area contributed by atoms with Crippen LogP contribution in [0.1, 0.15) is 16.7 Å². The molecule has 23 heavy (non-hydrogen) atoms. The van der Waals surface area contributed by atoms with E-state index in [1.807, 2.05) is 61.5 Å². The zero-order chi connectivity index (χ0) is 16.3. The monoisotopic (exact) mass is 309 g/mol. The van der Waals surface area contributed by atoms with Crippen molar-refractivity contribution in [1.29, 1.82) is 0 Å². The predicted octanol–water partition coefficient (Wildman–Crippen LogP) is 2.93. The largest absolute Gasteiger partial charge is 0.474 e. The van der Waals surface area contributed by atoms with Gasteiger partial charge in [-0.2, -0.15) is 0 Å². The van der Waals surface area contributed by atoms with E-state index in [0.29, 0.717) is 12.3 Å². The second-order valence-corrected chi connectivity index (χ2v) is 5.76. The molecule has 0 unspecified atom stereocenters. The van der Waals surface area contributed by atoms with Crippen LogP contribution in [-0.2, 0) is 20.7 Å². The second kappa shape index (κ2) is 6.24. The number of aryl methyl sites for hydroxylation is 1. The summed E-state index contributed by atoms with van der Waals surface area (Å²) in [6, 6.07) is 17.7. The first kappa shape index (κ1) is 15.3. The minimum Gasteiger partial charge on any atom is -0.474 e. The van der Waals surface area contributed by atoms with Gasteiger partial charge in [-0.3, -0.25) is 0 Å². The minimum absolute atomic E-state index is 0.192. The van der Waals surface area contributed by atoms with E-state index >= 15 is 0 Å². The molecule has 0 aromatic heterocycles. The van der Waals surface area contributed by atoms with Gasteiger partial charge < -0.3 is 9.47 Å². The van der Waals surface area contributed by atoms with Crippen molar-refractivity contribution in [2.24, 2.45) is 4.99 Å². The van der Waals surface area contributed by atoms with E-state index in [1.54, 1.807) is 0 Å². The van der Waals surface area contributed by atoms with Crippen LogP contribution < -0.4 is 0 Å². The summed E-state index contributed by atoms with van der Waals surface area (Å²) in [7, 11) is 1.38. The van der Waals surface area contributed by atoms with E-state index in [0.717, 1.165) is 11.1 Å². The molecule has 0 spiro atoms. The van der Waals surface area contributed by atoms with Crippen LogP contribution in [0.15, 0.2) is 59.6 Å². The number of hydrogen-bond donors (Lipinski definition) is 0. The highest BCUT2D eigenvalue weighted by Crippen LogP contribution is 2.28. The summed E-state index contributed by atoms with van der Waals surface area (Å²) < 4.78 is 10.7. The molecule has 3 rings (SSSR count).